The van der Waals surface area contributed by atoms with Gasteiger partial charge in [0.2, 0.25) is 0 Å². The molecule has 0 unspecified atom stereocenters. The quantitative estimate of drug-likeness (QED) is 0.541. The van der Waals surface area contributed by atoms with Crippen molar-refractivity contribution in [2.24, 2.45) is 0 Å². The summed E-state index contributed by atoms with van der Waals surface area (Å²) in [6.45, 7) is 0. The van der Waals surface area contributed by atoms with Gasteiger partial charge in [0.15, 0.2) is 0 Å². The maximum Gasteiger partial charge on any atom is 0.416 e. The number of carbonyl (C=O) groups excluding carboxylic acids is 1. The van der Waals surface area contributed by atoms with Gasteiger partial charge < -0.3 is 5.32 Å². The zero-order valence-corrected chi connectivity index (χ0v) is 16.6. The van der Waals surface area contributed by atoms with Crippen molar-refractivity contribution in [3.63, 3.8) is 0 Å². The normalized spacial score (nSPS) is 11.7. The minimum atomic E-state index is -4.59. The molecule has 10 heteroatoms. The number of hydrogen-bond donors (Lipinski definition) is 2. The standard InChI is InChI=1S/C20H14ClF3N2O3S/c21-15-5-1-3-13(11-15)19(27)25-16-7-9-18(10-8-16)30(28,29)26-17-6-2-4-14(12-17)20(22,23)24/h1-12,26H,(H,25,27). The molecule has 0 aliphatic heterocycles. The van der Waals surface area contributed by atoms with E-state index in [0.29, 0.717) is 22.3 Å². The number of benzene rings is 3. The summed E-state index contributed by atoms with van der Waals surface area (Å²) in [5, 5.41) is 2.99. The molecule has 0 fully saturated rings. The van der Waals surface area contributed by atoms with Crippen LogP contribution in [0.2, 0.25) is 5.02 Å². The van der Waals surface area contributed by atoms with Gasteiger partial charge in [-0.05, 0) is 60.7 Å². The first kappa shape index (κ1) is 21.7. The molecule has 0 saturated carbocycles. The van der Waals surface area contributed by atoms with Crippen LogP contribution in [0.4, 0.5) is 24.5 Å². The van der Waals surface area contributed by atoms with Gasteiger partial charge in [0.1, 0.15) is 0 Å². The van der Waals surface area contributed by atoms with Crippen LogP contribution >= 0.6 is 11.6 Å². The van der Waals surface area contributed by atoms with Crippen LogP contribution in [0.3, 0.4) is 0 Å². The lowest BCUT2D eigenvalue weighted by atomic mass is 10.2. The molecule has 0 aliphatic carbocycles. The highest BCUT2D eigenvalue weighted by molar-refractivity contribution is 7.92. The molecule has 3 aromatic carbocycles. The Balaban J connectivity index is 1.74. The molecule has 2 N–H and O–H groups in total. The number of alkyl halides is 3. The molecule has 0 saturated heterocycles. The highest BCUT2D eigenvalue weighted by Gasteiger charge is 2.30. The number of hydrogen-bond acceptors (Lipinski definition) is 3. The summed E-state index contributed by atoms with van der Waals surface area (Å²) >= 11 is 5.85. The summed E-state index contributed by atoms with van der Waals surface area (Å²) in [4.78, 5) is 12.0. The molecule has 5 nitrogen and oxygen atoms in total. The van der Waals surface area contributed by atoms with Gasteiger partial charge in [-0.25, -0.2) is 8.42 Å². The van der Waals surface area contributed by atoms with Crippen molar-refractivity contribution in [3.05, 3.63) is 88.9 Å². The monoisotopic (exact) mass is 454 g/mol. The summed E-state index contributed by atoms with van der Waals surface area (Å²) in [7, 11) is -4.13. The van der Waals surface area contributed by atoms with Crippen molar-refractivity contribution in [2.75, 3.05) is 10.0 Å². The Morgan fingerprint density at radius 1 is 0.867 bits per heavy atom. The topological polar surface area (TPSA) is 75.3 Å². The van der Waals surface area contributed by atoms with E-state index in [1.165, 1.54) is 36.4 Å². The molecule has 0 radical (unpaired) electrons. The molecular weight excluding hydrogens is 441 g/mol. The molecule has 3 aromatic rings. The van der Waals surface area contributed by atoms with Crippen LogP contribution in [-0.2, 0) is 16.2 Å². The number of sulfonamides is 1. The van der Waals surface area contributed by atoms with E-state index in [1.807, 2.05) is 0 Å². The van der Waals surface area contributed by atoms with E-state index in [9.17, 15) is 26.4 Å². The van der Waals surface area contributed by atoms with Crippen molar-refractivity contribution in [3.8, 4) is 0 Å². The fourth-order valence-corrected chi connectivity index (χ4v) is 3.76. The fourth-order valence-electron chi connectivity index (χ4n) is 2.52. The Bertz CT molecular complexity index is 1180. The van der Waals surface area contributed by atoms with Crippen LogP contribution in [0.1, 0.15) is 15.9 Å². The first-order valence-corrected chi connectivity index (χ1v) is 10.3. The van der Waals surface area contributed by atoms with Crippen molar-refractivity contribution in [1.82, 2.24) is 0 Å². The van der Waals surface area contributed by atoms with Gasteiger partial charge in [-0.2, -0.15) is 13.2 Å². The average Bonchev–Trinajstić information content (AvgIpc) is 2.67. The second-order valence-corrected chi connectivity index (χ2v) is 8.29. The first-order chi connectivity index (χ1) is 14.0. The van der Waals surface area contributed by atoms with Gasteiger partial charge in [0.05, 0.1) is 10.5 Å². The van der Waals surface area contributed by atoms with E-state index >= 15 is 0 Å². The Hall–Kier alpha value is -3.04. The van der Waals surface area contributed by atoms with Crippen LogP contribution in [0, 0.1) is 0 Å². The van der Waals surface area contributed by atoms with E-state index in [0.717, 1.165) is 12.1 Å². The summed E-state index contributed by atoms with van der Waals surface area (Å²) in [6.07, 6.45) is -4.59. The predicted molar refractivity (Wildman–Crippen MR) is 108 cm³/mol. The second kappa shape index (κ2) is 8.37. The third kappa shape index (κ3) is 5.31. The summed E-state index contributed by atoms with van der Waals surface area (Å²) in [6, 6.07) is 15.3. The number of rotatable bonds is 5. The van der Waals surface area contributed by atoms with Crippen molar-refractivity contribution in [1.29, 1.82) is 0 Å². The lowest BCUT2D eigenvalue weighted by Gasteiger charge is -2.12. The van der Waals surface area contributed by atoms with Crippen LogP contribution in [0.5, 0.6) is 0 Å². The molecule has 0 heterocycles. The van der Waals surface area contributed by atoms with Gasteiger partial charge >= 0.3 is 6.18 Å². The van der Waals surface area contributed by atoms with E-state index < -0.39 is 27.7 Å². The number of nitrogens with one attached hydrogen (secondary N) is 2. The molecule has 0 spiro atoms. The molecule has 0 aliphatic rings. The highest BCUT2D eigenvalue weighted by Crippen LogP contribution is 2.31. The van der Waals surface area contributed by atoms with Crippen molar-refractivity contribution >= 4 is 38.9 Å². The van der Waals surface area contributed by atoms with Gasteiger partial charge in [-0.3, -0.25) is 9.52 Å². The Labute approximate surface area is 175 Å². The molecule has 0 aromatic heterocycles. The molecule has 0 atom stereocenters. The second-order valence-electron chi connectivity index (χ2n) is 6.17. The van der Waals surface area contributed by atoms with Crippen molar-refractivity contribution < 1.29 is 26.4 Å². The predicted octanol–water partition coefficient (Wildman–Crippen LogP) is 5.41. The number of halogens is 4. The van der Waals surface area contributed by atoms with E-state index in [2.05, 4.69) is 10.0 Å². The van der Waals surface area contributed by atoms with Gasteiger partial charge in [-0.15, -0.1) is 0 Å². The minimum absolute atomic E-state index is 0.180. The van der Waals surface area contributed by atoms with Gasteiger partial charge in [0.25, 0.3) is 15.9 Å². The molecular formula is C20H14ClF3N2O3S. The average molecular weight is 455 g/mol. The first-order valence-electron chi connectivity index (χ1n) is 8.42. The zero-order valence-electron chi connectivity index (χ0n) is 15.1. The third-order valence-electron chi connectivity index (χ3n) is 3.95. The maximum absolute atomic E-state index is 12.8. The number of carbonyl (C=O) groups is 1. The number of anilines is 2. The van der Waals surface area contributed by atoms with Crippen LogP contribution in [0.25, 0.3) is 0 Å². The highest BCUT2D eigenvalue weighted by atomic mass is 35.5. The molecule has 0 bridgehead atoms. The van der Waals surface area contributed by atoms with Gasteiger partial charge in [-0.1, -0.05) is 23.7 Å². The van der Waals surface area contributed by atoms with E-state index in [4.69, 9.17) is 11.6 Å². The summed E-state index contributed by atoms with van der Waals surface area (Å²) in [5.41, 5.74) is -0.534. The molecule has 30 heavy (non-hydrogen) atoms. The molecule has 156 valence electrons. The molecule has 3 rings (SSSR count). The summed E-state index contributed by atoms with van der Waals surface area (Å²) < 4.78 is 65.4. The van der Waals surface area contributed by atoms with Crippen LogP contribution < -0.4 is 10.0 Å². The van der Waals surface area contributed by atoms with E-state index in [-0.39, 0.29) is 10.6 Å². The molecule has 1 amide bonds. The van der Waals surface area contributed by atoms with E-state index in [1.54, 1.807) is 18.2 Å². The Morgan fingerprint density at radius 2 is 1.53 bits per heavy atom. The zero-order chi connectivity index (χ0) is 21.9. The van der Waals surface area contributed by atoms with Crippen LogP contribution in [0.15, 0.2) is 77.7 Å². The Kier molecular flexibility index (Phi) is 6.04. The lowest BCUT2D eigenvalue weighted by molar-refractivity contribution is -0.137. The maximum atomic E-state index is 12.8. The fraction of sp³-hybridized carbons (Fsp3) is 0.0500. The summed E-state index contributed by atoms with van der Waals surface area (Å²) in [5.74, 6) is -0.435. The number of amides is 1. The Morgan fingerprint density at radius 3 is 2.17 bits per heavy atom. The largest absolute Gasteiger partial charge is 0.416 e. The van der Waals surface area contributed by atoms with Crippen molar-refractivity contribution in [2.45, 2.75) is 11.1 Å². The lowest BCUT2D eigenvalue weighted by Crippen LogP contribution is -2.15. The third-order valence-corrected chi connectivity index (χ3v) is 5.58. The smallest absolute Gasteiger partial charge is 0.322 e. The van der Waals surface area contributed by atoms with Crippen LogP contribution in [-0.4, -0.2) is 14.3 Å². The minimum Gasteiger partial charge on any atom is -0.322 e. The van der Waals surface area contributed by atoms with Gasteiger partial charge in [0, 0.05) is 22.0 Å². The SMILES string of the molecule is O=C(Nc1ccc(S(=O)(=O)Nc2cccc(C(F)(F)F)c2)cc1)c1cccc(Cl)c1.